The van der Waals surface area contributed by atoms with Crippen LogP contribution in [0.1, 0.15) is 21.1 Å². The molecule has 0 bridgehead atoms. The summed E-state index contributed by atoms with van der Waals surface area (Å²) in [5.41, 5.74) is 6.81. The normalized spacial score (nSPS) is 10.9. The van der Waals surface area contributed by atoms with E-state index < -0.39 is 0 Å². The van der Waals surface area contributed by atoms with Crippen molar-refractivity contribution in [2.24, 2.45) is 5.73 Å². The van der Waals surface area contributed by atoms with E-state index in [0.29, 0.717) is 19.8 Å². The molecule has 0 amide bonds. The molecule has 0 fully saturated rings. The van der Waals surface area contributed by atoms with E-state index in [2.05, 4.69) is 13.0 Å². The van der Waals surface area contributed by atoms with Gasteiger partial charge in [-0.3, -0.25) is 0 Å². The Balaban J connectivity index is 1.87. The molecule has 0 aliphatic carbocycles. The molecule has 0 aromatic carbocycles. The molecular formula is C12H15NO2S. The first-order valence-electron chi connectivity index (χ1n) is 5.18. The molecule has 0 radical (unpaired) electrons. The first kappa shape index (κ1) is 11.4. The summed E-state index contributed by atoms with van der Waals surface area (Å²) in [6.45, 7) is 3.82. The van der Waals surface area contributed by atoms with E-state index in [1.165, 1.54) is 15.3 Å². The van der Waals surface area contributed by atoms with Gasteiger partial charge in [0.25, 0.3) is 0 Å². The van der Waals surface area contributed by atoms with Gasteiger partial charge in [-0.1, -0.05) is 0 Å². The fraction of sp³-hybridized carbons (Fsp3) is 0.333. The molecule has 0 aliphatic rings. The molecule has 3 nitrogen and oxygen atoms in total. The van der Waals surface area contributed by atoms with Crippen LogP contribution in [0.15, 0.2) is 28.9 Å². The zero-order valence-corrected chi connectivity index (χ0v) is 10.0. The highest BCUT2D eigenvalue weighted by Crippen LogP contribution is 2.22. The predicted octanol–water partition coefficient (Wildman–Crippen LogP) is 2.83. The van der Waals surface area contributed by atoms with E-state index in [4.69, 9.17) is 14.9 Å². The monoisotopic (exact) mass is 237 g/mol. The van der Waals surface area contributed by atoms with Crippen LogP contribution in [-0.2, 0) is 24.5 Å². The van der Waals surface area contributed by atoms with Crippen LogP contribution in [-0.4, -0.2) is 0 Å². The molecule has 2 rings (SSSR count). The van der Waals surface area contributed by atoms with E-state index >= 15 is 0 Å². The Labute approximate surface area is 98.8 Å². The van der Waals surface area contributed by atoms with Crippen LogP contribution in [0.2, 0.25) is 0 Å². The molecule has 2 N–H and O–H groups in total. The van der Waals surface area contributed by atoms with Gasteiger partial charge in [0.1, 0.15) is 12.4 Å². The topological polar surface area (TPSA) is 48.4 Å². The molecule has 16 heavy (non-hydrogen) atoms. The third-order valence-corrected chi connectivity index (χ3v) is 3.47. The molecule has 2 heterocycles. The molecule has 0 unspecified atom stereocenters. The van der Waals surface area contributed by atoms with Crippen LogP contribution >= 0.6 is 11.3 Å². The number of hydrogen-bond donors (Lipinski definition) is 1. The van der Waals surface area contributed by atoms with Crippen molar-refractivity contribution in [3.05, 3.63) is 45.5 Å². The van der Waals surface area contributed by atoms with Crippen molar-refractivity contribution in [3.63, 3.8) is 0 Å². The Morgan fingerprint density at radius 1 is 1.44 bits per heavy atom. The number of aryl methyl sites for hydroxylation is 1. The first-order valence-corrected chi connectivity index (χ1v) is 5.99. The summed E-state index contributed by atoms with van der Waals surface area (Å²) in [4.78, 5) is 2.48. The standard InChI is InChI=1S/C12H15NO2S/c1-9-10(5-12(6-13)16-9)7-14-8-11-3-2-4-15-11/h2-5H,6-8,13H2,1H3. The molecule has 4 heteroatoms. The molecule has 0 atom stereocenters. The van der Waals surface area contributed by atoms with Crippen molar-refractivity contribution in [2.75, 3.05) is 0 Å². The van der Waals surface area contributed by atoms with Gasteiger partial charge >= 0.3 is 0 Å². The van der Waals surface area contributed by atoms with E-state index in [1.807, 2.05) is 12.1 Å². The van der Waals surface area contributed by atoms with E-state index in [1.54, 1.807) is 17.6 Å². The number of rotatable bonds is 5. The van der Waals surface area contributed by atoms with Gasteiger partial charge in [-0.15, -0.1) is 11.3 Å². The van der Waals surface area contributed by atoms with Gasteiger partial charge in [0, 0.05) is 16.3 Å². The molecule has 0 aliphatic heterocycles. The maximum absolute atomic E-state index is 5.59. The van der Waals surface area contributed by atoms with E-state index in [9.17, 15) is 0 Å². The second kappa shape index (κ2) is 5.30. The lowest BCUT2D eigenvalue weighted by Gasteiger charge is -2.01. The van der Waals surface area contributed by atoms with E-state index in [-0.39, 0.29) is 0 Å². The number of nitrogens with two attached hydrogens (primary N) is 1. The second-order valence-corrected chi connectivity index (χ2v) is 4.91. The van der Waals surface area contributed by atoms with Crippen molar-refractivity contribution >= 4 is 11.3 Å². The van der Waals surface area contributed by atoms with Gasteiger partial charge < -0.3 is 14.9 Å². The smallest absolute Gasteiger partial charge is 0.129 e. The lowest BCUT2D eigenvalue weighted by atomic mass is 10.2. The zero-order valence-electron chi connectivity index (χ0n) is 9.23. The Bertz CT molecular complexity index is 434. The first-order chi connectivity index (χ1) is 7.79. The minimum absolute atomic E-state index is 0.514. The third kappa shape index (κ3) is 2.72. The quantitative estimate of drug-likeness (QED) is 0.869. The van der Waals surface area contributed by atoms with Gasteiger partial charge in [0.2, 0.25) is 0 Å². The summed E-state index contributed by atoms with van der Waals surface area (Å²) in [7, 11) is 0. The highest BCUT2D eigenvalue weighted by atomic mass is 32.1. The predicted molar refractivity (Wildman–Crippen MR) is 64.1 cm³/mol. The van der Waals surface area contributed by atoms with Gasteiger partial charge in [-0.25, -0.2) is 0 Å². The fourth-order valence-corrected chi connectivity index (χ4v) is 2.41. The molecule has 0 saturated carbocycles. The minimum Gasteiger partial charge on any atom is -0.467 e. The zero-order chi connectivity index (χ0) is 11.4. The van der Waals surface area contributed by atoms with Gasteiger partial charge in [-0.05, 0) is 30.7 Å². The maximum Gasteiger partial charge on any atom is 0.129 e. The number of furan rings is 1. The summed E-state index contributed by atoms with van der Waals surface area (Å²) in [6.07, 6.45) is 1.65. The summed E-state index contributed by atoms with van der Waals surface area (Å²) >= 11 is 1.73. The number of thiophene rings is 1. The average Bonchev–Trinajstić information content (AvgIpc) is 2.89. The van der Waals surface area contributed by atoms with Crippen LogP contribution in [0, 0.1) is 6.92 Å². The van der Waals surface area contributed by atoms with Crippen molar-refractivity contribution in [3.8, 4) is 0 Å². The minimum atomic E-state index is 0.514. The summed E-state index contributed by atoms with van der Waals surface area (Å²) in [5.74, 6) is 0.854. The Morgan fingerprint density at radius 2 is 2.31 bits per heavy atom. The highest BCUT2D eigenvalue weighted by molar-refractivity contribution is 7.12. The van der Waals surface area contributed by atoms with Crippen molar-refractivity contribution in [2.45, 2.75) is 26.7 Å². The highest BCUT2D eigenvalue weighted by Gasteiger charge is 2.05. The second-order valence-electron chi connectivity index (χ2n) is 3.57. The Morgan fingerprint density at radius 3 is 2.94 bits per heavy atom. The molecule has 2 aromatic rings. The average molecular weight is 237 g/mol. The van der Waals surface area contributed by atoms with E-state index in [0.717, 1.165) is 5.76 Å². The Kier molecular flexibility index (Phi) is 3.77. The van der Waals surface area contributed by atoms with Crippen LogP contribution in [0.3, 0.4) is 0 Å². The lowest BCUT2D eigenvalue weighted by Crippen LogP contribution is -1.94. The molecule has 2 aromatic heterocycles. The molecule has 0 spiro atoms. The van der Waals surface area contributed by atoms with Crippen LogP contribution in [0.4, 0.5) is 0 Å². The molecule has 86 valence electrons. The molecule has 0 saturated heterocycles. The van der Waals surface area contributed by atoms with Crippen LogP contribution in [0.5, 0.6) is 0 Å². The summed E-state index contributed by atoms with van der Waals surface area (Å²) < 4.78 is 10.8. The van der Waals surface area contributed by atoms with Crippen LogP contribution in [0.25, 0.3) is 0 Å². The fourth-order valence-electron chi connectivity index (χ4n) is 1.49. The maximum atomic E-state index is 5.59. The van der Waals surface area contributed by atoms with Gasteiger partial charge in [-0.2, -0.15) is 0 Å². The molecular weight excluding hydrogens is 222 g/mol. The number of ether oxygens (including phenoxy) is 1. The van der Waals surface area contributed by atoms with Gasteiger partial charge in [0.15, 0.2) is 0 Å². The largest absolute Gasteiger partial charge is 0.467 e. The summed E-state index contributed by atoms with van der Waals surface area (Å²) in [5, 5.41) is 0. The van der Waals surface area contributed by atoms with Crippen LogP contribution < -0.4 is 5.73 Å². The number of hydrogen-bond acceptors (Lipinski definition) is 4. The Hall–Kier alpha value is -1.10. The van der Waals surface area contributed by atoms with Crippen molar-refractivity contribution in [1.29, 1.82) is 0 Å². The summed E-state index contributed by atoms with van der Waals surface area (Å²) in [6, 6.07) is 5.88. The van der Waals surface area contributed by atoms with Gasteiger partial charge in [0.05, 0.1) is 12.9 Å². The third-order valence-electron chi connectivity index (χ3n) is 2.35. The van der Waals surface area contributed by atoms with Crippen molar-refractivity contribution in [1.82, 2.24) is 0 Å². The SMILES string of the molecule is Cc1sc(CN)cc1COCc1ccco1. The lowest BCUT2D eigenvalue weighted by molar-refractivity contribution is 0.0928. The van der Waals surface area contributed by atoms with Crippen molar-refractivity contribution < 1.29 is 9.15 Å².